The Bertz CT molecular complexity index is 626. The van der Waals surface area contributed by atoms with E-state index < -0.39 is 6.03 Å². The lowest BCUT2D eigenvalue weighted by Crippen LogP contribution is -2.33. The molecule has 6 heteroatoms. The van der Waals surface area contributed by atoms with E-state index in [4.69, 9.17) is 0 Å². The zero-order chi connectivity index (χ0) is 14.4. The lowest BCUT2D eigenvalue weighted by Gasteiger charge is -2.02. The first kappa shape index (κ1) is 13.5. The largest absolute Gasteiger partial charge is 0.503 e. The summed E-state index contributed by atoms with van der Waals surface area (Å²) in [6, 6.07) is 11.9. The van der Waals surface area contributed by atoms with E-state index in [0.717, 1.165) is 5.69 Å². The second kappa shape index (κ2) is 6.33. The first-order valence-corrected chi connectivity index (χ1v) is 5.99. The summed E-state index contributed by atoms with van der Waals surface area (Å²) in [5.74, 6) is 0.166. The van der Waals surface area contributed by atoms with Crippen LogP contribution in [0.25, 0.3) is 0 Å². The molecule has 1 aromatic carbocycles. The van der Waals surface area contributed by atoms with Gasteiger partial charge in [0.2, 0.25) is 11.9 Å². The van der Waals surface area contributed by atoms with Crippen LogP contribution in [-0.2, 0) is 7.05 Å². The maximum atomic E-state index is 11.6. The first-order chi connectivity index (χ1) is 9.65. The van der Waals surface area contributed by atoms with Crippen molar-refractivity contribution in [3.8, 4) is 5.75 Å². The van der Waals surface area contributed by atoms with Gasteiger partial charge in [-0.05, 0) is 18.2 Å². The summed E-state index contributed by atoms with van der Waals surface area (Å²) in [4.78, 5) is 11.6. The topological polar surface area (TPSA) is 77.6 Å². The van der Waals surface area contributed by atoms with Crippen molar-refractivity contribution in [3.63, 3.8) is 0 Å². The van der Waals surface area contributed by atoms with Crippen molar-refractivity contribution in [2.75, 3.05) is 5.32 Å². The molecule has 2 aromatic rings. The van der Waals surface area contributed by atoms with Gasteiger partial charge in [0.05, 0.1) is 0 Å². The minimum atomic E-state index is -0.422. The third-order valence-corrected chi connectivity index (χ3v) is 2.55. The highest BCUT2D eigenvalue weighted by Gasteiger charge is 2.04. The number of anilines is 1. The number of hydrazone groups is 1. The minimum Gasteiger partial charge on any atom is -0.503 e. The molecule has 3 N–H and O–H groups in total. The summed E-state index contributed by atoms with van der Waals surface area (Å²) >= 11 is 0. The molecule has 6 nitrogen and oxygen atoms in total. The fourth-order valence-corrected chi connectivity index (χ4v) is 1.58. The van der Waals surface area contributed by atoms with Crippen LogP contribution < -0.4 is 15.3 Å². The first-order valence-electron chi connectivity index (χ1n) is 5.99. The molecule has 102 valence electrons. The molecule has 20 heavy (non-hydrogen) atoms. The van der Waals surface area contributed by atoms with E-state index in [2.05, 4.69) is 15.8 Å². The number of amides is 2. The van der Waals surface area contributed by atoms with Crippen molar-refractivity contribution >= 4 is 17.9 Å². The summed E-state index contributed by atoms with van der Waals surface area (Å²) in [7, 11) is 1.77. The number of pyridine rings is 1. The average molecular weight is 271 g/mol. The molecular weight excluding hydrogens is 256 g/mol. The normalized spacial score (nSPS) is 10.4. The number of aromatic nitrogens is 1. The van der Waals surface area contributed by atoms with E-state index in [0.29, 0.717) is 5.69 Å². The Labute approximate surface area is 116 Å². The Kier molecular flexibility index (Phi) is 4.28. The molecule has 0 saturated heterocycles. The number of nitrogens with zero attached hydrogens (tertiary/aromatic N) is 2. The molecule has 1 heterocycles. The average Bonchev–Trinajstić information content (AvgIpc) is 2.42. The molecule has 0 aliphatic carbocycles. The molecule has 1 aromatic heterocycles. The fraction of sp³-hybridized carbons (Fsp3) is 0.0714. The van der Waals surface area contributed by atoms with Crippen molar-refractivity contribution in [1.82, 2.24) is 5.43 Å². The van der Waals surface area contributed by atoms with E-state index in [1.165, 1.54) is 6.21 Å². The van der Waals surface area contributed by atoms with Gasteiger partial charge in [-0.2, -0.15) is 9.67 Å². The van der Waals surface area contributed by atoms with Gasteiger partial charge in [-0.25, -0.2) is 10.2 Å². The predicted octanol–water partition coefficient (Wildman–Crippen LogP) is 1.37. The lowest BCUT2D eigenvalue weighted by molar-refractivity contribution is -0.672. The van der Waals surface area contributed by atoms with Gasteiger partial charge >= 0.3 is 6.03 Å². The maximum Gasteiger partial charge on any atom is 0.339 e. The van der Waals surface area contributed by atoms with Crippen LogP contribution in [0.3, 0.4) is 0 Å². The minimum absolute atomic E-state index is 0.166. The highest BCUT2D eigenvalue weighted by atomic mass is 16.3. The van der Waals surface area contributed by atoms with E-state index in [9.17, 15) is 9.90 Å². The molecule has 0 radical (unpaired) electrons. The summed E-state index contributed by atoms with van der Waals surface area (Å²) in [5.41, 5.74) is 3.79. The van der Waals surface area contributed by atoms with Gasteiger partial charge in [0, 0.05) is 11.8 Å². The number of para-hydroxylation sites is 1. The van der Waals surface area contributed by atoms with Gasteiger partial charge in [0.25, 0.3) is 0 Å². The van der Waals surface area contributed by atoms with Gasteiger partial charge < -0.3 is 10.4 Å². The molecule has 0 aliphatic rings. The second-order valence-corrected chi connectivity index (χ2v) is 4.11. The number of rotatable bonds is 3. The van der Waals surface area contributed by atoms with Crippen LogP contribution in [0.2, 0.25) is 0 Å². The number of aryl methyl sites for hydroxylation is 1. The molecule has 0 bridgehead atoms. The van der Waals surface area contributed by atoms with Gasteiger partial charge in [-0.15, -0.1) is 0 Å². The van der Waals surface area contributed by atoms with Crippen molar-refractivity contribution in [1.29, 1.82) is 0 Å². The molecule has 2 amide bonds. The van der Waals surface area contributed by atoms with Crippen LogP contribution in [0.1, 0.15) is 5.69 Å². The number of nitrogens with one attached hydrogen (secondary N) is 2. The summed E-state index contributed by atoms with van der Waals surface area (Å²) in [5, 5.41) is 15.8. The monoisotopic (exact) mass is 271 g/mol. The van der Waals surface area contributed by atoms with Crippen LogP contribution >= 0.6 is 0 Å². The van der Waals surface area contributed by atoms with Crippen LogP contribution in [0.15, 0.2) is 53.8 Å². The third kappa shape index (κ3) is 3.81. The third-order valence-electron chi connectivity index (χ3n) is 2.55. The van der Waals surface area contributed by atoms with Crippen LogP contribution in [0, 0.1) is 0 Å². The molecule has 0 aliphatic heterocycles. The molecule has 0 saturated carbocycles. The predicted molar refractivity (Wildman–Crippen MR) is 75.5 cm³/mol. The van der Waals surface area contributed by atoms with E-state index in [1.54, 1.807) is 42.1 Å². The molecule has 0 unspecified atom stereocenters. The Morgan fingerprint density at radius 1 is 1.25 bits per heavy atom. The Balaban J connectivity index is 1.91. The van der Waals surface area contributed by atoms with Gasteiger partial charge in [-0.3, -0.25) is 0 Å². The van der Waals surface area contributed by atoms with Crippen LogP contribution in [-0.4, -0.2) is 17.4 Å². The van der Waals surface area contributed by atoms with E-state index in [1.807, 2.05) is 18.2 Å². The van der Waals surface area contributed by atoms with E-state index in [-0.39, 0.29) is 5.75 Å². The summed E-state index contributed by atoms with van der Waals surface area (Å²) < 4.78 is 1.69. The van der Waals surface area contributed by atoms with Crippen molar-refractivity contribution in [2.45, 2.75) is 0 Å². The van der Waals surface area contributed by atoms with Crippen LogP contribution in [0.4, 0.5) is 10.5 Å². The lowest BCUT2D eigenvalue weighted by atomic mass is 10.3. The molecular formula is C14H15N4O2+. The number of urea groups is 1. The fourth-order valence-electron chi connectivity index (χ4n) is 1.58. The maximum absolute atomic E-state index is 11.6. The van der Waals surface area contributed by atoms with Crippen molar-refractivity contribution in [2.24, 2.45) is 12.1 Å². The quantitative estimate of drug-likeness (QED) is 0.448. The van der Waals surface area contributed by atoms with Gasteiger partial charge in [0.1, 0.15) is 13.3 Å². The van der Waals surface area contributed by atoms with E-state index >= 15 is 0 Å². The highest BCUT2D eigenvalue weighted by Crippen LogP contribution is 2.04. The number of hydrogen-bond donors (Lipinski definition) is 3. The number of aromatic hydroxyl groups is 1. The van der Waals surface area contributed by atoms with Gasteiger partial charge in [-0.1, -0.05) is 18.2 Å². The summed E-state index contributed by atoms with van der Waals surface area (Å²) in [6.45, 7) is 0. The number of benzene rings is 1. The SMILES string of the molecule is C[n+]1cc(O)ccc1/C=N/NC(=O)Nc1ccccc1. The number of hydrogen-bond acceptors (Lipinski definition) is 3. The molecule has 0 fully saturated rings. The van der Waals surface area contributed by atoms with Crippen molar-refractivity contribution < 1.29 is 14.5 Å². The number of carbonyl (C=O) groups excluding carboxylic acids is 1. The molecule has 2 rings (SSSR count). The summed E-state index contributed by atoms with van der Waals surface area (Å²) in [6.07, 6.45) is 3.04. The standard InChI is InChI=1S/C14H14N4O2/c1-18-10-13(19)8-7-12(18)9-15-17-14(20)16-11-5-3-2-4-6-11/h2-10H,1H3,(H2,16,19,20)/p+1. The Hall–Kier alpha value is -2.89. The zero-order valence-corrected chi connectivity index (χ0v) is 10.9. The zero-order valence-electron chi connectivity index (χ0n) is 10.9. The second-order valence-electron chi connectivity index (χ2n) is 4.11. The highest BCUT2D eigenvalue weighted by molar-refractivity contribution is 5.89. The van der Waals surface area contributed by atoms with Crippen molar-refractivity contribution in [3.05, 3.63) is 54.4 Å². The smallest absolute Gasteiger partial charge is 0.339 e. The van der Waals surface area contributed by atoms with Gasteiger partial charge in [0.15, 0.2) is 5.75 Å². The van der Waals surface area contributed by atoms with Crippen LogP contribution in [0.5, 0.6) is 5.75 Å². The molecule has 0 atom stereocenters. The Morgan fingerprint density at radius 3 is 2.70 bits per heavy atom. The Morgan fingerprint density at radius 2 is 2.00 bits per heavy atom. The molecule has 0 spiro atoms. The number of carbonyl (C=O) groups is 1.